The van der Waals surface area contributed by atoms with Gasteiger partial charge in [-0.05, 0) is 29.0 Å². The molecular formula is C13H11N. The van der Waals surface area contributed by atoms with E-state index < -0.39 is 0 Å². The normalized spacial score (nSPS) is 11.2. The van der Waals surface area contributed by atoms with Gasteiger partial charge in [-0.3, -0.25) is 0 Å². The Morgan fingerprint density at radius 1 is 0.857 bits per heavy atom. The Morgan fingerprint density at radius 2 is 1.57 bits per heavy atom. The molecule has 0 aliphatic rings. The maximum atomic E-state index is 2.24. The van der Waals surface area contributed by atoms with Gasteiger partial charge in [-0.1, -0.05) is 24.3 Å². The van der Waals surface area contributed by atoms with E-state index in [2.05, 4.69) is 60.3 Å². The number of rotatable bonds is 0. The Balaban J connectivity index is 2.54. The number of fused-ring (bicyclic) bond motifs is 2. The summed E-state index contributed by atoms with van der Waals surface area (Å²) in [5, 5.41) is 3.93. The zero-order valence-corrected chi connectivity index (χ0v) is 8.07. The minimum Gasteiger partial charge on any atom is -0.351 e. The second kappa shape index (κ2) is 2.61. The van der Waals surface area contributed by atoms with Crippen LogP contribution in [0, 0.1) is 0 Å². The van der Waals surface area contributed by atoms with E-state index in [1.165, 1.54) is 21.7 Å². The van der Waals surface area contributed by atoms with Gasteiger partial charge in [0.15, 0.2) is 0 Å². The molecule has 3 aromatic rings. The molecule has 1 heteroatoms. The molecule has 0 aliphatic carbocycles. The maximum absolute atomic E-state index is 2.24. The van der Waals surface area contributed by atoms with Crippen molar-refractivity contribution in [1.29, 1.82) is 0 Å². The average Bonchev–Trinajstić information content (AvgIpc) is 2.57. The van der Waals surface area contributed by atoms with Crippen molar-refractivity contribution >= 4 is 21.7 Å². The monoisotopic (exact) mass is 181 g/mol. The van der Waals surface area contributed by atoms with Crippen molar-refractivity contribution in [2.24, 2.45) is 7.05 Å². The van der Waals surface area contributed by atoms with Crippen LogP contribution in [0.4, 0.5) is 0 Å². The maximum Gasteiger partial charge on any atom is 0.0484 e. The van der Waals surface area contributed by atoms with Crippen molar-refractivity contribution in [2.45, 2.75) is 0 Å². The van der Waals surface area contributed by atoms with Gasteiger partial charge in [0.1, 0.15) is 0 Å². The summed E-state index contributed by atoms with van der Waals surface area (Å²) in [5.41, 5.74) is 1.30. The molecule has 0 radical (unpaired) electrons. The number of nitrogens with zero attached hydrogens (tertiary/aromatic N) is 1. The zero-order valence-electron chi connectivity index (χ0n) is 8.07. The highest BCUT2D eigenvalue weighted by molar-refractivity contribution is 5.96. The third-order valence-corrected chi connectivity index (χ3v) is 2.75. The summed E-state index contributed by atoms with van der Waals surface area (Å²) in [7, 11) is 2.08. The Morgan fingerprint density at radius 3 is 2.36 bits per heavy atom. The second-order valence-electron chi connectivity index (χ2n) is 3.68. The zero-order chi connectivity index (χ0) is 9.54. The molecule has 0 bridgehead atoms. The molecule has 14 heavy (non-hydrogen) atoms. The smallest absolute Gasteiger partial charge is 0.0484 e. The predicted octanol–water partition coefficient (Wildman–Crippen LogP) is 3.33. The Hall–Kier alpha value is -1.76. The van der Waals surface area contributed by atoms with Crippen molar-refractivity contribution in [1.82, 2.24) is 4.57 Å². The fourth-order valence-corrected chi connectivity index (χ4v) is 1.96. The second-order valence-corrected chi connectivity index (χ2v) is 3.68. The lowest BCUT2D eigenvalue weighted by molar-refractivity contribution is 0.970. The lowest BCUT2D eigenvalue weighted by atomic mass is 10.1. The fraction of sp³-hybridized carbons (Fsp3) is 0.0769. The first-order chi connectivity index (χ1) is 6.84. The van der Waals surface area contributed by atoms with E-state index in [-0.39, 0.29) is 0 Å². The lowest BCUT2D eigenvalue weighted by Crippen LogP contribution is -1.83. The van der Waals surface area contributed by atoms with Crippen LogP contribution < -0.4 is 0 Å². The highest BCUT2D eigenvalue weighted by Crippen LogP contribution is 2.22. The molecule has 0 amide bonds. The lowest BCUT2D eigenvalue weighted by Gasteiger charge is -2.00. The first-order valence-corrected chi connectivity index (χ1v) is 4.78. The molecule has 0 aliphatic heterocycles. The first-order valence-electron chi connectivity index (χ1n) is 4.78. The largest absolute Gasteiger partial charge is 0.351 e. The highest BCUT2D eigenvalue weighted by atomic mass is 14.9. The third-order valence-electron chi connectivity index (χ3n) is 2.75. The van der Waals surface area contributed by atoms with Crippen LogP contribution in [0.5, 0.6) is 0 Å². The molecule has 2 aromatic carbocycles. The Labute approximate surface area is 82.6 Å². The molecule has 1 heterocycles. The van der Waals surface area contributed by atoms with E-state index in [0.717, 1.165) is 0 Å². The average molecular weight is 181 g/mol. The number of aryl methyl sites for hydroxylation is 1. The molecule has 0 atom stereocenters. The minimum absolute atomic E-state index is 1.30. The van der Waals surface area contributed by atoms with Crippen LogP contribution in [-0.4, -0.2) is 4.57 Å². The summed E-state index contributed by atoms with van der Waals surface area (Å²) in [5.74, 6) is 0. The molecule has 1 nitrogen and oxygen atoms in total. The molecule has 3 rings (SSSR count). The van der Waals surface area contributed by atoms with Crippen LogP contribution in [0.15, 0.2) is 48.7 Å². The summed E-state index contributed by atoms with van der Waals surface area (Å²) in [6, 6.07) is 15.1. The van der Waals surface area contributed by atoms with Crippen LogP contribution in [0.1, 0.15) is 0 Å². The summed E-state index contributed by atoms with van der Waals surface area (Å²) in [6.45, 7) is 0. The van der Waals surface area contributed by atoms with E-state index in [9.17, 15) is 0 Å². The fourth-order valence-electron chi connectivity index (χ4n) is 1.96. The molecule has 68 valence electrons. The van der Waals surface area contributed by atoms with Crippen LogP contribution in [0.2, 0.25) is 0 Å². The third kappa shape index (κ3) is 0.956. The van der Waals surface area contributed by atoms with Crippen LogP contribution in [0.3, 0.4) is 0 Å². The van der Waals surface area contributed by atoms with Crippen LogP contribution in [-0.2, 0) is 7.05 Å². The minimum atomic E-state index is 1.30. The van der Waals surface area contributed by atoms with Crippen LogP contribution >= 0.6 is 0 Å². The van der Waals surface area contributed by atoms with E-state index in [1.54, 1.807) is 0 Å². The quantitative estimate of drug-likeness (QED) is 0.501. The highest BCUT2D eigenvalue weighted by Gasteiger charge is 1.99. The summed E-state index contributed by atoms with van der Waals surface area (Å²) in [4.78, 5) is 0. The van der Waals surface area contributed by atoms with Gasteiger partial charge in [0, 0.05) is 24.1 Å². The van der Waals surface area contributed by atoms with E-state index in [4.69, 9.17) is 0 Å². The number of hydrogen-bond acceptors (Lipinski definition) is 0. The molecule has 0 spiro atoms. The predicted molar refractivity (Wildman–Crippen MR) is 60.4 cm³/mol. The van der Waals surface area contributed by atoms with Crippen molar-refractivity contribution in [2.75, 3.05) is 0 Å². The standard InChI is InChI=1S/C13H11N/c1-14-7-6-12-8-10-4-2-3-5-11(10)9-13(12)14/h2-9H,1H3. The molecular weight excluding hydrogens is 170 g/mol. The first kappa shape index (κ1) is 7.63. The summed E-state index contributed by atoms with van der Waals surface area (Å²) >= 11 is 0. The summed E-state index contributed by atoms with van der Waals surface area (Å²) in [6.07, 6.45) is 2.10. The molecule has 0 unspecified atom stereocenters. The van der Waals surface area contributed by atoms with Gasteiger partial charge in [0.2, 0.25) is 0 Å². The van der Waals surface area contributed by atoms with Gasteiger partial charge in [-0.2, -0.15) is 0 Å². The van der Waals surface area contributed by atoms with E-state index in [0.29, 0.717) is 0 Å². The van der Waals surface area contributed by atoms with Gasteiger partial charge >= 0.3 is 0 Å². The SMILES string of the molecule is Cn1ccc2cc3ccccc3cc21. The Bertz CT molecular complexity index is 605. The molecule has 0 saturated carbocycles. The van der Waals surface area contributed by atoms with Crippen molar-refractivity contribution in [3.05, 3.63) is 48.7 Å². The number of hydrogen-bond donors (Lipinski definition) is 0. The topological polar surface area (TPSA) is 4.93 Å². The van der Waals surface area contributed by atoms with Crippen molar-refractivity contribution in [3.63, 3.8) is 0 Å². The molecule has 0 saturated heterocycles. The van der Waals surface area contributed by atoms with Crippen molar-refractivity contribution < 1.29 is 0 Å². The molecule has 0 N–H and O–H groups in total. The number of benzene rings is 2. The van der Waals surface area contributed by atoms with E-state index in [1.807, 2.05) is 0 Å². The van der Waals surface area contributed by atoms with Crippen LogP contribution in [0.25, 0.3) is 21.7 Å². The van der Waals surface area contributed by atoms with E-state index >= 15 is 0 Å². The summed E-state index contributed by atoms with van der Waals surface area (Å²) < 4.78 is 2.15. The van der Waals surface area contributed by atoms with Gasteiger partial charge < -0.3 is 4.57 Å². The molecule has 1 aromatic heterocycles. The van der Waals surface area contributed by atoms with Gasteiger partial charge in [-0.25, -0.2) is 0 Å². The van der Waals surface area contributed by atoms with Crippen molar-refractivity contribution in [3.8, 4) is 0 Å². The molecule has 0 fully saturated rings. The van der Waals surface area contributed by atoms with Gasteiger partial charge in [0.25, 0.3) is 0 Å². The van der Waals surface area contributed by atoms with Gasteiger partial charge in [0.05, 0.1) is 0 Å². The van der Waals surface area contributed by atoms with Gasteiger partial charge in [-0.15, -0.1) is 0 Å². The Kier molecular flexibility index (Phi) is 1.42. The number of aromatic nitrogens is 1.